The smallest absolute Gasteiger partial charge is 0.0541 e. The molecule has 9 aromatic rings. The summed E-state index contributed by atoms with van der Waals surface area (Å²) in [6.07, 6.45) is 0. The lowest BCUT2D eigenvalue weighted by Gasteiger charge is -2.09. The molecule has 0 spiro atoms. The predicted octanol–water partition coefficient (Wildman–Crippen LogP) is 11.4. The molecule has 0 radical (unpaired) electrons. The number of hydrogen-bond acceptors (Lipinski definition) is 0. The second kappa shape index (κ2) is 9.86. The lowest BCUT2D eigenvalue weighted by atomic mass is 9.97. The Kier molecular flexibility index (Phi) is 5.54. The topological polar surface area (TPSA) is 20.7 Å². The molecule has 7 aromatic carbocycles. The number of nitrogens with zero attached hydrogens (tertiary/aromatic N) is 1. The van der Waals surface area contributed by atoms with Crippen LogP contribution in [0.1, 0.15) is 0 Å². The first-order valence-corrected chi connectivity index (χ1v) is 15.1. The SMILES string of the molecule is c1ccc(-c2cccc(-c3ccc4[nH]c5ccc(-c6ccc(-n7c8ccccc8c8ccccc87)cc6)cc5c4c3)c2)cc1. The quantitative estimate of drug-likeness (QED) is 0.221. The third-order valence-electron chi connectivity index (χ3n) is 8.94. The van der Waals surface area contributed by atoms with Crippen molar-refractivity contribution in [2.24, 2.45) is 0 Å². The van der Waals surface area contributed by atoms with Gasteiger partial charge in [0, 0.05) is 38.3 Å². The molecule has 2 aromatic heterocycles. The summed E-state index contributed by atoms with van der Waals surface area (Å²) in [5.41, 5.74) is 13.3. The lowest BCUT2D eigenvalue weighted by molar-refractivity contribution is 1.18. The van der Waals surface area contributed by atoms with Crippen LogP contribution < -0.4 is 0 Å². The summed E-state index contributed by atoms with van der Waals surface area (Å²) in [5.74, 6) is 0. The maximum Gasteiger partial charge on any atom is 0.0541 e. The van der Waals surface area contributed by atoms with E-state index in [4.69, 9.17) is 0 Å². The molecule has 0 aliphatic rings. The summed E-state index contributed by atoms with van der Waals surface area (Å²) in [6.45, 7) is 0. The van der Waals surface area contributed by atoms with Crippen LogP contribution in [0.25, 0.3) is 82.7 Å². The lowest BCUT2D eigenvalue weighted by Crippen LogP contribution is -1.93. The molecule has 2 heterocycles. The van der Waals surface area contributed by atoms with Gasteiger partial charge in [0.1, 0.15) is 0 Å². The van der Waals surface area contributed by atoms with Crippen LogP contribution in [0.3, 0.4) is 0 Å². The van der Waals surface area contributed by atoms with Crippen molar-refractivity contribution in [2.45, 2.75) is 0 Å². The average molecular weight is 561 g/mol. The van der Waals surface area contributed by atoms with Crippen LogP contribution in [-0.2, 0) is 0 Å². The van der Waals surface area contributed by atoms with Crippen LogP contribution >= 0.6 is 0 Å². The van der Waals surface area contributed by atoms with Crippen molar-refractivity contribution in [3.8, 4) is 39.1 Å². The van der Waals surface area contributed by atoms with Gasteiger partial charge >= 0.3 is 0 Å². The largest absolute Gasteiger partial charge is 0.355 e. The molecule has 0 amide bonds. The van der Waals surface area contributed by atoms with Gasteiger partial charge in [0.2, 0.25) is 0 Å². The number of aromatic nitrogens is 2. The molecular weight excluding hydrogens is 532 g/mol. The number of rotatable bonds is 4. The van der Waals surface area contributed by atoms with E-state index in [0.717, 1.165) is 11.0 Å². The molecule has 0 saturated carbocycles. The summed E-state index contributed by atoms with van der Waals surface area (Å²) in [7, 11) is 0. The fourth-order valence-corrected chi connectivity index (χ4v) is 6.77. The molecule has 0 saturated heterocycles. The Balaban J connectivity index is 1.11. The second-order valence-corrected chi connectivity index (χ2v) is 11.5. The predicted molar refractivity (Wildman–Crippen MR) is 186 cm³/mol. The van der Waals surface area contributed by atoms with E-state index in [1.165, 1.54) is 71.6 Å². The fourth-order valence-electron chi connectivity index (χ4n) is 6.77. The van der Waals surface area contributed by atoms with Gasteiger partial charge in [-0.15, -0.1) is 0 Å². The minimum absolute atomic E-state index is 1.15. The highest BCUT2D eigenvalue weighted by molar-refractivity contribution is 6.10. The number of hydrogen-bond donors (Lipinski definition) is 1. The molecule has 0 fully saturated rings. The molecule has 2 nitrogen and oxygen atoms in total. The Bertz CT molecular complexity index is 2420. The first kappa shape index (κ1) is 24.7. The van der Waals surface area contributed by atoms with Gasteiger partial charge in [0.25, 0.3) is 0 Å². The molecule has 2 heteroatoms. The maximum absolute atomic E-state index is 3.63. The van der Waals surface area contributed by atoms with Crippen molar-refractivity contribution in [3.05, 3.63) is 164 Å². The van der Waals surface area contributed by atoms with E-state index in [-0.39, 0.29) is 0 Å². The summed E-state index contributed by atoms with van der Waals surface area (Å²) in [4.78, 5) is 3.63. The summed E-state index contributed by atoms with van der Waals surface area (Å²) in [5, 5.41) is 5.04. The molecule has 0 aliphatic heterocycles. The van der Waals surface area contributed by atoms with Gasteiger partial charge < -0.3 is 9.55 Å². The maximum atomic E-state index is 3.63. The molecular formula is C42H28N2. The first-order chi connectivity index (χ1) is 21.8. The van der Waals surface area contributed by atoms with E-state index < -0.39 is 0 Å². The third kappa shape index (κ3) is 3.96. The summed E-state index contributed by atoms with van der Waals surface area (Å²) in [6, 6.07) is 59.2. The van der Waals surface area contributed by atoms with Gasteiger partial charge in [0.15, 0.2) is 0 Å². The summed E-state index contributed by atoms with van der Waals surface area (Å²) >= 11 is 0. The normalized spacial score (nSPS) is 11.6. The molecule has 0 unspecified atom stereocenters. The van der Waals surface area contributed by atoms with Crippen molar-refractivity contribution >= 4 is 43.6 Å². The zero-order valence-electron chi connectivity index (χ0n) is 24.0. The third-order valence-corrected chi connectivity index (χ3v) is 8.94. The van der Waals surface area contributed by atoms with Gasteiger partial charge in [-0.2, -0.15) is 0 Å². The van der Waals surface area contributed by atoms with Crippen molar-refractivity contribution in [2.75, 3.05) is 0 Å². The molecule has 9 rings (SSSR count). The number of aromatic amines is 1. The van der Waals surface area contributed by atoms with Crippen LogP contribution in [-0.4, -0.2) is 9.55 Å². The molecule has 0 atom stereocenters. The van der Waals surface area contributed by atoms with E-state index in [0.29, 0.717) is 0 Å². The minimum Gasteiger partial charge on any atom is -0.355 e. The molecule has 0 bridgehead atoms. The number of benzene rings is 7. The number of H-pyrrole nitrogens is 1. The Morgan fingerprint density at radius 2 is 0.773 bits per heavy atom. The minimum atomic E-state index is 1.15. The van der Waals surface area contributed by atoms with Crippen molar-refractivity contribution in [1.29, 1.82) is 0 Å². The standard InChI is InChI=1S/C42H28N2/c1-2-9-28(10-3-1)30-11-8-12-31(25-30)33-20-24-40-38(27-33)37-26-32(19-23-39(37)43-40)29-17-21-34(22-18-29)44-41-15-6-4-13-35(41)36-14-5-7-16-42(36)44/h1-27,43H. The molecule has 0 aliphatic carbocycles. The van der Waals surface area contributed by atoms with Crippen LogP contribution in [0, 0.1) is 0 Å². The zero-order valence-corrected chi connectivity index (χ0v) is 24.0. The Hall–Kier alpha value is -5.86. The van der Waals surface area contributed by atoms with E-state index in [9.17, 15) is 0 Å². The van der Waals surface area contributed by atoms with Gasteiger partial charge in [0.05, 0.1) is 11.0 Å². The Morgan fingerprint density at radius 3 is 1.41 bits per heavy atom. The van der Waals surface area contributed by atoms with E-state index >= 15 is 0 Å². The zero-order chi connectivity index (χ0) is 29.0. The second-order valence-electron chi connectivity index (χ2n) is 11.5. The Morgan fingerprint density at radius 1 is 0.318 bits per heavy atom. The van der Waals surface area contributed by atoms with Gasteiger partial charge in [-0.05, 0) is 88.0 Å². The molecule has 1 N–H and O–H groups in total. The van der Waals surface area contributed by atoms with Crippen molar-refractivity contribution in [3.63, 3.8) is 0 Å². The number of nitrogens with one attached hydrogen (secondary N) is 1. The van der Waals surface area contributed by atoms with E-state index in [1.54, 1.807) is 0 Å². The monoisotopic (exact) mass is 560 g/mol. The van der Waals surface area contributed by atoms with E-state index in [1.807, 2.05) is 0 Å². The van der Waals surface area contributed by atoms with Crippen LogP contribution in [0.15, 0.2) is 164 Å². The average Bonchev–Trinajstić information content (AvgIpc) is 3.64. The number of fused-ring (bicyclic) bond motifs is 6. The van der Waals surface area contributed by atoms with Gasteiger partial charge in [-0.25, -0.2) is 0 Å². The van der Waals surface area contributed by atoms with Crippen LogP contribution in [0.2, 0.25) is 0 Å². The highest BCUT2D eigenvalue weighted by Crippen LogP contribution is 2.36. The Labute approximate surface area is 255 Å². The van der Waals surface area contributed by atoms with Crippen LogP contribution in [0.4, 0.5) is 0 Å². The first-order valence-electron chi connectivity index (χ1n) is 15.1. The molecule has 44 heavy (non-hydrogen) atoms. The molecule has 206 valence electrons. The van der Waals surface area contributed by atoms with Gasteiger partial charge in [-0.1, -0.05) is 109 Å². The van der Waals surface area contributed by atoms with E-state index in [2.05, 4.69) is 173 Å². The highest BCUT2D eigenvalue weighted by Gasteiger charge is 2.13. The summed E-state index contributed by atoms with van der Waals surface area (Å²) < 4.78 is 2.37. The van der Waals surface area contributed by atoms with Crippen LogP contribution in [0.5, 0.6) is 0 Å². The van der Waals surface area contributed by atoms with Crippen molar-refractivity contribution in [1.82, 2.24) is 9.55 Å². The number of para-hydroxylation sites is 2. The fraction of sp³-hybridized carbons (Fsp3) is 0. The highest BCUT2D eigenvalue weighted by atomic mass is 15.0. The van der Waals surface area contributed by atoms with Gasteiger partial charge in [-0.3, -0.25) is 0 Å². The van der Waals surface area contributed by atoms with Crippen molar-refractivity contribution < 1.29 is 0 Å².